The molecule has 1 aromatic heterocycles. The van der Waals surface area contributed by atoms with E-state index in [2.05, 4.69) is 5.32 Å². The van der Waals surface area contributed by atoms with Crippen LogP contribution in [0.3, 0.4) is 0 Å². The molecular formula is C28H26N2O4. The molecule has 0 saturated carbocycles. The molecule has 0 spiro atoms. The normalized spacial score (nSPS) is 10.5. The van der Waals surface area contributed by atoms with Gasteiger partial charge in [-0.3, -0.25) is 9.59 Å². The molecule has 6 heteroatoms. The average Bonchev–Trinajstić information content (AvgIpc) is 2.88. The summed E-state index contributed by atoms with van der Waals surface area (Å²) in [5, 5.41) is 2.85. The lowest BCUT2D eigenvalue weighted by Crippen LogP contribution is -2.28. The third kappa shape index (κ3) is 6.84. The van der Waals surface area contributed by atoms with Gasteiger partial charge in [-0.2, -0.15) is 0 Å². The highest BCUT2D eigenvalue weighted by Crippen LogP contribution is 2.18. The molecule has 172 valence electrons. The number of rotatable bonds is 10. The molecule has 1 N–H and O–H groups in total. The molecule has 4 rings (SSSR count). The van der Waals surface area contributed by atoms with Gasteiger partial charge in [0.15, 0.2) is 6.61 Å². The molecule has 0 unspecified atom stereocenters. The van der Waals surface area contributed by atoms with Gasteiger partial charge in [-0.05, 0) is 47.0 Å². The van der Waals surface area contributed by atoms with Gasteiger partial charge in [-0.25, -0.2) is 0 Å². The monoisotopic (exact) mass is 454 g/mol. The van der Waals surface area contributed by atoms with Crippen LogP contribution in [0.2, 0.25) is 0 Å². The van der Waals surface area contributed by atoms with Crippen LogP contribution in [-0.4, -0.2) is 17.1 Å². The maximum Gasteiger partial charge on any atom is 0.258 e. The zero-order valence-corrected chi connectivity index (χ0v) is 18.7. The van der Waals surface area contributed by atoms with Crippen LogP contribution in [0.1, 0.15) is 16.7 Å². The number of ether oxygens (including phenoxy) is 2. The minimum absolute atomic E-state index is 0.0341. The van der Waals surface area contributed by atoms with Gasteiger partial charge in [0.1, 0.15) is 18.1 Å². The topological polar surface area (TPSA) is 69.6 Å². The van der Waals surface area contributed by atoms with Crippen LogP contribution >= 0.6 is 0 Å². The molecule has 0 aliphatic rings. The zero-order valence-electron chi connectivity index (χ0n) is 18.7. The number of aromatic nitrogens is 1. The van der Waals surface area contributed by atoms with E-state index in [1.807, 2.05) is 72.8 Å². The molecular weight excluding hydrogens is 428 g/mol. The van der Waals surface area contributed by atoms with E-state index in [1.54, 1.807) is 35.0 Å². The summed E-state index contributed by atoms with van der Waals surface area (Å²) in [5.74, 6) is 1.13. The highest BCUT2D eigenvalue weighted by Gasteiger charge is 2.05. The summed E-state index contributed by atoms with van der Waals surface area (Å²) in [4.78, 5) is 24.0. The number of nitrogens with zero attached hydrogens (tertiary/aromatic N) is 1. The van der Waals surface area contributed by atoms with Gasteiger partial charge >= 0.3 is 0 Å². The minimum Gasteiger partial charge on any atom is -0.489 e. The second kappa shape index (κ2) is 11.5. The second-order valence-electron chi connectivity index (χ2n) is 7.79. The summed E-state index contributed by atoms with van der Waals surface area (Å²) in [6, 6.07) is 30.1. The number of amides is 1. The number of benzene rings is 3. The predicted octanol–water partition coefficient (Wildman–Crippen LogP) is 4.17. The molecule has 0 aliphatic heterocycles. The summed E-state index contributed by atoms with van der Waals surface area (Å²) in [6.45, 7) is 1.34. The van der Waals surface area contributed by atoms with Crippen LogP contribution in [0.5, 0.6) is 11.5 Å². The number of hydrogen-bond acceptors (Lipinski definition) is 4. The fourth-order valence-corrected chi connectivity index (χ4v) is 3.32. The van der Waals surface area contributed by atoms with Crippen molar-refractivity contribution in [2.45, 2.75) is 19.7 Å². The Morgan fingerprint density at radius 3 is 2.06 bits per heavy atom. The molecule has 0 radical (unpaired) electrons. The Morgan fingerprint density at radius 2 is 1.35 bits per heavy atom. The fourth-order valence-electron chi connectivity index (χ4n) is 3.32. The number of hydrogen-bond donors (Lipinski definition) is 1. The molecule has 0 aliphatic carbocycles. The fraction of sp³-hybridized carbons (Fsp3) is 0.143. The molecule has 0 fully saturated rings. The summed E-state index contributed by atoms with van der Waals surface area (Å²) in [5.41, 5.74) is 3.05. The summed E-state index contributed by atoms with van der Waals surface area (Å²) in [6.07, 6.45) is 1.77. The van der Waals surface area contributed by atoms with E-state index < -0.39 is 0 Å². The number of carbonyl (C=O) groups excluding carboxylic acids is 1. The van der Waals surface area contributed by atoms with Crippen molar-refractivity contribution in [3.8, 4) is 11.5 Å². The van der Waals surface area contributed by atoms with Gasteiger partial charge in [0.05, 0.1) is 6.54 Å². The predicted molar refractivity (Wildman–Crippen MR) is 131 cm³/mol. The third-order valence-corrected chi connectivity index (χ3v) is 5.21. The van der Waals surface area contributed by atoms with Gasteiger partial charge in [0.2, 0.25) is 0 Å². The smallest absolute Gasteiger partial charge is 0.258 e. The van der Waals surface area contributed by atoms with Crippen molar-refractivity contribution in [2.24, 2.45) is 0 Å². The second-order valence-corrected chi connectivity index (χ2v) is 7.79. The van der Waals surface area contributed by atoms with E-state index in [1.165, 1.54) is 0 Å². The average molecular weight is 455 g/mol. The largest absolute Gasteiger partial charge is 0.489 e. The van der Waals surface area contributed by atoms with Crippen molar-refractivity contribution in [2.75, 3.05) is 6.61 Å². The highest BCUT2D eigenvalue weighted by molar-refractivity contribution is 5.77. The van der Waals surface area contributed by atoms with Gasteiger partial charge in [-0.15, -0.1) is 0 Å². The first-order chi connectivity index (χ1) is 16.7. The minimum atomic E-state index is -0.204. The van der Waals surface area contributed by atoms with Crippen molar-refractivity contribution < 1.29 is 14.3 Å². The SMILES string of the molecule is O=C(COc1ccc(OCc2ccccc2)cc1)NCc1ccc(Cn2ccccc2=O)cc1. The third-order valence-electron chi connectivity index (χ3n) is 5.21. The van der Waals surface area contributed by atoms with Crippen LogP contribution in [0, 0.1) is 0 Å². The van der Waals surface area contributed by atoms with Crippen molar-refractivity contribution in [3.63, 3.8) is 0 Å². The lowest BCUT2D eigenvalue weighted by molar-refractivity contribution is -0.123. The quantitative estimate of drug-likeness (QED) is 0.391. The Morgan fingerprint density at radius 1 is 0.706 bits per heavy atom. The lowest BCUT2D eigenvalue weighted by atomic mass is 10.1. The zero-order chi connectivity index (χ0) is 23.6. The molecule has 0 bridgehead atoms. The van der Waals surface area contributed by atoms with E-state index in [-0.39, 0.29) is 18.1 Å². The molecule has 0 atom stereocenters. The van der Waals surface area contributed by atoms with Crippen molar-refractivity contribution in [3.05, 3.63) is 130 Å². The van der Waals surface area contributed by atoms with Crippen LogP contribution in [0.4, 0.5) is 0 Å². The highest BCUT2D eigenvalue weighted by atomic mass is 16.5. The van der Waals surface area contributed by atoms with Crippen molar-refractivity contribution >= 4 is 5.91 Å². The Kier molecular flexibility index (Phi) is 7.74. The van der Waals surface area contributed by atoms with Gasteiger partial charge in [-0.1, -0.05) is 60.7 Å². The van der Waals surface area contributed by atoms with Gasteiger partial charge < -0.3 is 19.4 Å². The standard InChI is InChI=1S/C28H26N2O4/c31-27(21-34-26-15-13-25(14-16-26)33-20-24-6-2-1-3-7-24)29-18-22-9-11-23(12-10-22)19-30-17-5-4-8-28(30)32/h1-17H,18-21H2,(H,29,31). The molecule has 1 amide bonds. The van der Waals surface area contributed by atoms with E-state index in [9.17, 15) is 9.59 Å². The number of nitrogens with one attached hydrogen (secondary N) is 1. The molecule has 34 heavy (non-hydrogen) atoms. The van der Waals surface area contributed by atoms with E-state index >= 15 is 0 Å². The van der Waals surface area contributed by atoms with Crippen LogP contribution in [0.15, 0.2) is 108 Å². The van der Waals surface area contributed by atoms with E-state index in [4.69, 9.17) is 9.47 Å². The van der Waals surface area contributed by atoms with E-state index in [0.717, 1.165) is 22.4 Å². The summed E-state index contributed by atoms with van der Waals surface area (Å²) >= 11 is 0. The Hall–Kier alpha value is -4.32. The molecule has 3 aromatic carbocycles. The van der Waals surface area contributed by atoms with Gasteiger partial charge in [0.25, 0.3) is 11.5 Å². The Balaban J connectivity index is 1.18. The van der Waals surface area contributed by atoms with E-state index in [0.29, 0.717) is 25.4 Å². The molecule has 4 aromatic rings. The first-order valence-corrected chi connectivity index (χ1v) is 11.1. The first kappa shape index (κ1) is 22.9. The summed E-state index contributed by atoms with van der Waals surface area (Å²) < 4.78 is 13.0. The van der Waals surface area contributed by atoms with Crippen molar-refractivity contribution in [1.29, 1.82) is 0 Å². The first-order valence-electron chi connectivity index (χ1n) is 11.1. The maximum absolute atomic E-state index is 12.2. The molecule has 6 nitrogen and oxygen atoms in total. The number of pyridine rings is 1. The van der Waals surface area contributed by atoms with Crippen LogP contribution < -0.4 is 20.3 Å². The van der Waals surface area contributed by atoms with Crippen LogP contribution in [-0.2, 0) is 24.5 Å². The Bertz CT molecular complexity index is 1250. The van der Waals surface area contributed by atoms with Crippen LogP contribution in [0.25, 0.3) is 0 Å². The maximum atomic E-state index is 12.2. The number of carbonyl (C=O) groups is 1. The molecule has 1 heterocycles. The van der Waals surface area contributed by atoms with Gasteiger partial charge in [0, 0.05) is 18.8 Å². The molecule has 0 saturated heterocycles. The Labute approximate surface area is 198 Å². The lowest BCUT2D eigenvalue weighted by Gasteiger charge is -2.10. The summed E-state index contributed by atoms with van der Waals surface area (Å²) in [7, 11) is 0. The van der Waals surface area contributed by atoms with Crippen molar-refractivity contribution in [1.82, 2.24) is 9.88 Å².